The fourth-order valence-corrected chi connectivity index (χ4v) is 3.46. The van der Waals surface area contributed by atoms with Crippen molar-refractivity contribution in [2.24, 2.45) is 5.92 Å². The number of nitrogens with zero attached hydrogens (tertiary/aromatic N) is 2. The van der Waals surface area contributed by atoms with Crippen molar-refractivity contribution < 1.29 is 9.90 Å². The van der Waals surface area contributed by atoms with Gasteiger partial charge in [0.1, 0.15) is 6.54 Å². The van der Waals surface area contributed by atoms with Gasteiger partial charge < -0.3 is 20.3 Å². The second-order valence-corrected chi connectivity index (χ2v) is 7.05. The Morgan fingerprint density at radius 2 is 2.08 bits per heavy atom. The van der Waals surface area contributed by atoms with Crippen molar-refractivity contribution in [3.63, 3.8) is 0 Å². The first-order valence-corrected chi connectivity index (χ1v) is 9.27. The number of fused-ring (bicyclic) bond motifs is 1. The lowest BCUT2D eigenvalue weighted by molar-refractivity contribution is -0.121. The number of aromatic nitrogens is 2. The van der Waals surface area contributed by atoms with E-state index < -0.39 is 6.10 Å². The standard InChI is InChI=1S/C19H28N4O2/c1-14(24)11-21-19-22-16-9-5-6-10-17(16)23(19)13-18(25)20-12-15-7-3-2-4-8-15/h5-6,9-10,14-15,24H,2-4,7-8,11-13H2,1H3,(H,20,25)(H,21,22). The summed E-state index contributed by atoms with van der Waals surface area (Å²) in [6.45, 7) is 3.11. The number of nitrogens with one attached hydrogen (secondary N) is 2. The number of rotatable bonds is 7. The highest BCUT2D eigenvalue weighted by Crippen LogP contribution is 2.23. The van der Waals surface area contributed by atoms with Crippen LogP contribution in [0.25, 0.3) is 11.0 Å². The normalized spacial score (nSPS) is 16.7. The highest BCUT2D eigenvalue weighted by molar-refractivity contribution is 5.83. The van der Waals surface area contributed by atoms with Crippen LogP contribution in [0, 0.1) is 5.92 Å². The van der Waals surface area contributed by atoms with Crippen LogP contribution in [0.15, 0.2) is 24.3 Å². The third-order valence-corrected chi connectivity index (χ3v) is 4.82. The first-order valence-electron chi connectivity index (χ1n) is 9.27. The topological polar surface area (TPSA) is 79.2 Å². The molecule has 3 rings (SSSR count). The lowest BCUT2D eigenvalue weighted by atomic mass is 9.89. The van der Waals surface area contributed by atoms with Gasteiger partial charge in [0.2, 0.25) is 11.9 Å². The van der Waals surface area contributed by atoms with Crippen LogP contribution < -0.4 is 10.6 Å². The van der Waals surface area contributed by atoms with Crippen LogP contribution in [0.3, 0.4) is 0 Å². The molecule has 1 saturated carbocycles. The minimum Gasteiger partial charge on any atom is -0.392 e. The minimum atomic E-state index is -0.478. The molecule has 1 amide bonds. The van der Waals surface area contributed by atoms with Crippen LogP contribution in [0.4, 0.5) is 5.95 Å². The molecule has 136 valence electrons. The third kappa shape index (κ3) is 4.72. The SMILES string of the molecule is CC(O)CNc1nc2ccccc2n1CC(=O)NCC1CCCCC1. The van der Waals surface area contributed by atoms with Gasteiger partial charge in [0.15, 0.2) is 0 Å². The highest BCUT2D eigenvalue weighted by Gasteiger charge is 2.17. The molecule has 1 aromatic carbocycles. The van der Waals surface area contributed by atoms with Crippen LogP contribution in [0.5, 0.6) is 0 Å². The van der Waals surface area contributed by atoms with E-state index in [2.05, 4.69) is 15.6 Å². The van der Waals surface area contributed by atoms with Crippen molar-refractivity contribution in [2.45, 2.75) is 51.7 Å². The lowest BCUT2D eigenvalue weighted by Crippen LogP contribution is -2.33. The number of hydrogen-bond donors (Lipinski definition) is 3. The number of carbonyl (C=O) groups is 1. The van der Waals surface area contributed by atoms with Crippen molar-refractivity contribution in [3.8, 4) is 0 Å². The first kappa shape index (κ1) is 17.7. The Kier molecular flexibility index (Phi) is 5.91. The van der Waals surface area contributed by atoms with E-state index in [9.17, 15) is 9.90 Å². The average Bonchev–Trinajstić information content (AvgIpc) is 2.97. The Hall–Kier alpha value is -2.08. The zero-order valence-electron chi connectivity index (χ0n) is 14.9. The summed E-state index contributed by atoms with van der Waals surface area (Å²) in [5.41, 5.74) is 1.76. The summed E-state index contributed by atoms with van der Waals surface area (Å²) < 4.78 is 1.88. The number of carbonyl (C=O) groups excluding carboxylic acids is 1. The Morgan fingerprint density at radius 3 is 2.84 bits per heavy atom. The van der Waals surface area contributed by atoms with Gasteiger partial charge in [-0.15, -0.1) is 0 Å². The van der Waals surface area contributed by atoms with Gasteiger partial charge in [0.25, 0.3) is 0 Å². The van der Waals surface area contributed by atoms with E-state index in [-0.39, 0.29) is 12.5 Å². The van der Waals surface area contributed by atoms with Crippen molar-refractivity contribution in [1.82, 2.24) is 14.9 Å². The van der Waals surface area contributed by atoms with Crippen LogP contribution in [-0.4, -0.2) is 39.8 Å². The van der Waals surface area contributed by atoms with Crippen molar-refractivity contribution in [3.05, 3.63) is 24.3 Å². The second-order valence-electron chi connectivity index (χ2n) is 7.05. The molecule has 6 nitrogen and oxygen atoms in total. The summed E-state index contributed by atoms with van der Waals surface area (Å²) in [5, 5.41) is 15.7. The number of hydrogen-bond acceptors (Lipinski definition) is 4. The van der Waals surface area contributed by atoms with Gasteiger partial charge in [-0.2, -0.15) is 0 Å². The van der Waals surface area contributed by atoms with Gasteiger partial charge in [-0.05, 0) is 37.8 Å². The van der Waals surface area contributed by atoms with Gasteiger partial charge in [0.05, 0.1) is 17.1 Å². The maximum atomic E-state index is 12.5. The Morgan fingerprint density at radius 1 is 1.32 bits per heavy atom. The zero-order valence-corrected chi connectivity index (χ0v) is 14.9. The van der Waals surface area contributed by atoms with Crippen molar-refractivity contribution in [2.75, 3.05) is 18.4 Å². The smallest absolute Gasteiger partial charge is 0.240 e. The molecular weight excluding hydrogens is 316 g/mol. The molecule has 1 aromatic heterocycles. The first-order chi connectivity index (χ1) is 12.1. The molecule has 2 aromatic rings. The maximum Gasteiger partial charge on any atom is 0.240 e. The van der Waals surface area contributed by atoms with Crippen LogP contribution >= 0.6 is 0 Å². The molecular formula is C19H28N4O2. The molecule has 0 radical (unpaired) electrons. The van der Waals surface area contributed by atoms with Crippen LogP contribution in [0.2, 0.25) is 0 Å². The molecule has 1 unspecified atom stereocenters. The fourth-order valence-electron chi connectivity index (χ4n) is 3.46. The number of anilines is 1. The average molecular weight is 344 g/mol. The van der Waals surface area contributed by atoms with E-state index in [1.807, 2.05) is 28.8 Å². The third-order valence-electron chi connectivity index (χ3n) is 4.82. The quantitative estimate of drug-likeness (QED) is 0.721. The lowest BCUT2D eigenvalue weighted by Gasteiger charge is -2.22. The summed E-state index contributed by atoms with van der Waals surface area (Å²) >= 11 is 0. The fraction of sp³-hybridized carbons (Fsp3) is 0.579. The molecule has 0 aliphatic heterocycles. The molecule has 1 aliphatic carbocycles. The molecule has 3 N–H and O–H groups in total. The summed E-state index contributed by atoms with van der Waals surface area (Å²) in [5.74, 6) is 1.24. The van der Waals surface area contributed by atoms with E-state index in [0.29, 0.717) is 18.4 Å². The monoisotopic (exact) mass is 344 g/mol. The number of aliphatic hydroxyl groups is 1. The van der Waals surface area contributed by atoms with E-state index in [4.69, 9.17) is 0 Å². The molecule has 25 heavy (non-hydrogen) atoms. The predicted molar refractivity (Wildman–Crippen MR) is 99.5 cm³/mol. The maximum absolute atomic E-state index is 12.5. The number of benzene rings is 1. The Balaban J connectivity index is 1.67. The van der Waals surface area contributed by atoms with Crippen LogP contribution in [0.1, 0.15) is 39.0 Å². The molecule has 0 saturated heterocycles. The molecule has 0 bridgehead atoms. The summed E-state index contributed by atoms with van der Waals surface area (Å²) in [4.78, 5) is 17.0. The Labute approximate surface area is 148 Å². The van der Waals surface area contributed by atoms with Gasteiger partial charge >= 0.3 is 0 Å². The molecule has 1 fully saturated rings. The minimum absolute atomic E-state index is 0.00817. The number of aliphatic hydroxyl groups excluding tert-OH is 1. The van der Waals surface area contributed by atoms with Crippen LogP contribution in [-0.2, 0) is 11.3 Å². The van der Waals surface area contributed by atoms with E-state index in [0.717, 1.165) is 17.6 Å². The summed E-state index contributed by atoms with van der Waals surface area (Å²) in [6.07, 6.45) is 5.84. The number of imidazole rings is 1. The van der Waals surface area contributed by atoms with E-state index >= 15 is 0 Å². The Bertz CT molecular complexity index is 705. The van der Waals surface area contributed by atoms with E-state index in [1.54, 1.807) is 6.92 Å². The van der Waals surface area contributed by atoms with E-state index in [1.165, 1.54) is 32.1 Å². The second kappa shape index (κ2) is 8.34. The molecule has 1 heterocycles. The predicted octanol–water partition coefficient (Wildman–Crippen LogP) is 2.53. The van der Waals surface area contributed by atoms with Gasteiger partial charge in [-0.25, -0.2) is 4.98 Å². The molecule has 1 aliphatic rings. The van der Waals surface area contributed by atoms with Crippen molar-refractivity contribution >= 4 is 22.9 Å². The molecule has 6 heteroatoms. The largest absolute Gasteiger partial charge is 0.392 e. The molecule has 1 atom stereocenters. The summed E-state index contributed by atoms with van der Waals surface area (Å²) in [6, 6.07) is 7.77. The molecule has 0 spiro atoms. The number of amides is 1. The van der Waals surface area contributed by atoms with Gasteiger partial charge in [-0.3, -0.25) is 4.79 Å². The highest BCUT2D eigenvalue weighted by atomic mass is 16.3. The van der Waals surface area contributed by atoms with Gasteiger partial charge in [0, 0.05) is 13.1 Å². The summed E-state index contributed by atoms with van der Waals surface area (Å²) in [7, 11) is 0. The zero-order chi connectivity index (χ0) is 17.6. The number of para-hydroxylation sites is 2. The van der Waals surface area contributed by atoms with Crippen molar-refractivity contribution in [1.29, 1.82) is 0 Å². The van der Waals surface area contributed by atoms with Gasteiger partial charge in [-0.1, -0.05) is 31.4 Å².